The van der Waals surface area contributed by atoms with Crippen molar-refractivity contribution in [1.29, 1.82) is 0 Å². The molecule has 8 nitrogen and oxygen atoms in total. The van der Waals surface area contributed by atoms with Gasteiger partial charge in [-0.2, -0.15) is 0 Å². The fraction of sp³-hybridized carbons (Fsp3) is 0.320. The molecule has 0 aliphatic carbocycles. The minimum absolute atomic E-state index is 0.00510. The highest BCUT2D eigenvalue weighted by Crippen LogP contribution is 2.41. The van der Waals surface area contributed by atoms with Crippen LogP contribution >= 0.6 is 0 Å². The lowest BCUT2D eigenvalue weighted by molar-refractivity contribution is -0.140. The summed E-state index contributed by atoms with van der Waals surface area (Å²) in [6.07, 6.45) is 1.33. The molecule has 1 aliphatic heterocycles. The van der Waals surface area contributed by atoms with Gasteiger partial charge in [-0.1, -0.05) is 24.6 Å². The highest BCUT2D eigenvalue weighted by Gasteiger charge is 2.46. The SMILES string of the molecule is COc1ccc(C(O)=C2C(=O)C(=O)N(CCCCCC(=O)O)[C@@H]2c2ccccc2F)cc1OC. The van der Waals surface area contributed by atoms with Crippen LogP contribution in [0.25, 0.3) is 5.76 Å². The molecule has 2 aromatic rings. The minimum atomic E-state index is -1.13. The van der Waals surface area contributed by atoms with E-state index >= 15 is 0 Å². The molecule has 180 valence electrons. The number of ether oxygens (including phenoxy) is 2. The van der Waals surface area contributed by atoms with Crippen molar-refractivity contribution in [3.63, 3.8) is 0 Å². The molecular formula is C25H26FNO7. The Bertz CT molecular complexity index is 1130. The fourth-order valence-corrected chi connectivity index (χ4v) is 4.01. The number of aliphatic carboxylic acids is 1. The van der Waals surface area contributed by atoms with Gasteiger partial charge in [0.1, 0.15) is 11.6 Å². The van der Waals surface area contributed by atoms with Crippen LogP contribution in [-0.4, -0.2) is 53.5 Å². The molecule has 1 heterocycles. The first-order chi connectivity index (χ1) is 16.3. The molecule has 3 rings (SSSR count). The quantitative estimate of drug-likeness (QED) is 0.234. The number of amides is 1. The maximum absolute atomic E-state index is 14.8. The summed E-state index contributed by atoms with van der Waals surface area (Å²) in [7, 11) is 2.88. The first-order valence-electron chi connectivity index (χ1n) is 10.8. The predicted octanol–water partition coefficient (Wildman–Crippen LogP) is 3.91. The Labute approximate surface area is 196 Å². The van der Waals surface area contributed by atoms with Gasteiger partial charge in [-0.3, -0.25) is 14.4 Å². The van der Waals surface area contributed by atoms with Gasteiger partial charge in [0.25, 0.3) is 11.7 Å². The van der Waals surface area contributed by atoms with Crippen molar-refractivity contribution in [2.24, 2.45) is 0 Å². The molecule has 1 amide bonds. The third kappa shape index (κ3) is 5.03. The van der Waals surface area contributed by atoms with E-state index in [4.69, 9.17) is 14.6 Å². The highest BCUT2D eigenvalue weighted by atomic mass is 19.1. The predicted molar refractivity (Wildman–Crippen MR) is 121 cm³/mol. The second-order valence-electron chi connectivity index (χ2n) is 7.79. The molecular weight excluding hydrogens is 445 g/mol. The van der Waals surface area contributed by atoms with Crippen LogP contribution < -0.4 is 9.47 Å². The zero-order chi connectivity index (χ0) is 24.8. The molecule has 1 aliphatic rings. The van der Waals surface area contributed by atoms with Crippen LogP contribution in [0.3, 0.4) is 0 Å². The number of aliphatic hydroxyl groups excluding tert-OH is 1. The number of halogens is 1. The van der Waals surface area contributed by atoms with Gasteiger partial charge in [0, 0.05) is 24.1 Å². The van der Waals surface area contributed by atoms with Crippen LogP contribution in [0.4, 0.5) is 4.39 Å². The average Bonchev–Trinajstić information content (AvgIpc) is 3.07. The fourth-order valence-electron chi connectivity index (χ4n) is 4.01. The molecule has 0 aromatic heterocycles. The number of benzene rings is 2. The van der Waals surface area contributed by atoms with Gasteiger partial charge >= 0.3 is 5.97 Å². The summed E-state index contributed by atoms with van der Waals surface area (Å²) >= 11 is 0. The normalized spacial score (nSPS) is 17.1. The maximum atomic E-state index is 14.8. The summed E-state index contributed by atoms with van der Waals surface area (Å²) in [6.45, 7) is 0.103. The standard InChI is InChI=1S/C25H26FNO7/c1-33-18-12-11-15(14-19(18)34-2)23(30)21-22(16-8-5-6-9-17(16)26)27(25(32)24(21)31)13-7-3-4-10-20(28)29/h5-6,8-9,11-12,14,22,30H,3-4,7,10,13H2,1-2H3,(H,28,29)/t22-/m1/s1. The molecule has 0 spiro atoms. The minimum Gasteiger partial charge on any atom is -0.507 e. The van der Waals surface area contributed by atoms with Gasteiger partial charge in [-0.05, 0) is 37.1 Å². The Balaban J connectivity index is 2.04. The largest absolute Gasteiger partial charge is 0.507 e. The van der Waals surface area contributed by atoms with Gasteiger partial charge in [0.2, 0.25) is 0 Å². The first-order valence-corrected chi connectivity index (χ1v) is 10.8. The molecule has 1 saturated heterocycles. The monoisotopic (exact) mass is 471 g/mol. The number of unbranched alkanes of at least 4 members (excludes halogenated alkanes) is 2. The van der Waals surface area contributed by atoms with E-state index in [0.29, 0.717) is 30.8 Å². The van der Waals surface area contributed by atoms with Gasteiger partial charge < -0.3 is 24.6 Å². The Morgan fingerprint density at radius 2 is 1.71 bits per heavy atom. The van der Waals surface area contributed by atoms with Gasteiger partial charge in [0.15, 0.2) is 11.5 Å². The van der Waals surface area contributed by atoms with Crippen molar-refractivity contribution in [2.75, 3.05) is 20.8 Å². The average molecular weight is 471 g/mol. The number of methoxy groups -OCH3 is 2. The molecule has 1 atom stereocenters. The zero-order valence-electron chi connectivity index (χ0n) is 18.9. The number of likely N-dealkylation sites (tertiary alicyclic amines) is 1. The van der Waals surface area contributed by atoms with Gasteiger partial charge in [-0.25, -0.2) is 4.39 Å². The van der Waals surface area contributed by atoms with Crippen molar-refractivity contribution in [1.82, 2.24) is 4.90 Å². The van der Waals surface area contributed by atoms with Crippen molar-refractivity contribution in [2.45, 2.75) is 31.7 Å². The van der Waals surface area contributed by atoms with E-state index in [-0.39, 0.29) is 29.7 Å². The first kappa shape index (κ1) is 24.8. The van der Waals surface area contributed by atoms with Crippen molar-refractivity contribution in [3.8, 4) is 11.5 Å². The molecule has 0 unspecified atom stereocenters. The summed E-state index contributed by atoms with van der Waals surface area (Å²) < 4.78 is 25.3. The van der Waals surface area contributed by atoms with Crippen molar-refractivity contribution < 1.29 is 38.5 Å². The van der Waals surface area contributed by atoms with Gasteiger partial charge in [0.05, 0.1) is 25.8 Å². The summed E-state index contributed by atoms with van der Waals surface area (Å²) in [5.74, 6) is -3.06. The zero-order valence-corrected chi connectivity index (χ0v) is 18.9. The molecule has 2 N–H and O–H groups in total. The summed E-state index contributed by atoms with van der Waals surface area (Å²) in [5.41, 5.74) is 0.0561. The van der Waals surface area contributed by atoms with E-state index in [0.717, 1.165) is 0 Å². The van der Waals surface area contributed by atoms with E-state index in [1.807, 2.05) is 0 Å². The number of aliphatic hydroxyl groups is 1. The number of hydrogen-bond acceptors (Lipinski definition) is 6. The molecule has 2 aromatic carbocycles. The summed E-state index contributed by atoms with van der Waals surface area (Å²) in [4.78, 5) is 37.9. The van der Waals surface area contributed by atoms with Crippen LogP contribution in [0.15, 0.2) is 48.0 Å². The molecule has 34 heavy (non-hydrogen) atoms. The van der Waals surface area contributed by atoms with E-state index < -0.39 is 35.3 Å². The topological polar surface area (TPSA) is 113 Å². The van der Waals surface area contributed by atoms with Crippen LogP contribution in [-0.2, 0) is 14.4 Å². The smallest absolute Gasteiger partial charge is 0.303 e. The number of hydrogen-bond donors (Lipinski definition) is 2. The second-order valence-corrected chi connectivity index (χ2v) is 7.79. The Hall–Kier alpha value is -3.88. The lowest BCUT2D eigenvalue weighted by Gasteiger charge is -2.25. The number of nitrogens with zero attached hydrogens (tertiary/aromatic N) is 1. The molecule has 1 fully saturated rings. The van der Waals surface area contributed by atoms with E-state index in [9.17, 15) is 23.9 Å². The summed E-state index contributed by atoms with van der Waals surface area (Å²) in [6, 6.07) is 9.15. The number of Topliss-reactive ketones (excluding diaryl/α,β-unsaturated/α-hetero) is 1. The van der Waals surface area contributed by atoms with Crippen molar-refractivity contribution >= 4 is 23.4 Å². The second kappa shape index (κ2) is 10.8. The molecule has 0 bridgehead atoms. The number of ketones is 1. The molecule has 0 radical (unpaired) electrons. The molecule has 9 heteroatoms. The lowest BCUT2D eigenvalue weighted by atomic mass is 9.94. The number of carboxylic acids is 1. The number of carboxylic acid groups (broad SMARTS) is 1. The van der Waals surface area contributed by atoms with Crippen molar-refractivity contribution in [3.05, 3.63) is 65.0 Å². The lowest BCUT2D eigenvalue weighted by Crippen LogP contribution is -2.31. The van der Waals surface area contributed by atoms with Crippen LogP contribution in [0.1, 0.15) is 42.9 Å². The Kier molecular flexibility index (Phi) is 7.88. The number of carbonyl (C=O) groups excluding carboxylic acids is 2. The van der Waals surface area contributed by atoms with Gasteiger partial charge in [-0.15, -0.1) is 0 Å². The molecule has 0 saturated carbocycles. The van der Waals surface area contributed by atoms with E-state index in [1.165, 1.54) is 49.5 Å². The Morgan fingerprint density at radius 1 is 1.00 bits per heavy atom. The maximum Gasteiger partial charge on any atom is 0.303 e. The van der Waals surface area contributed by atoms with Crippen LogP contribution in [0.2, 0.25) is 0 Å². The number of carbonyl (C=O) groups is 3. The van der Waals surface area contributed by atoms with Crippen LogP contribution in [0, 0.1) is 5.82 Å². The van der Waals surface area contributed by atoms with E-state index in [1.54, 1.807) is 12.1 Å². The number of rotatable bonds is 10. The van der Waals surface area contributed by atoms with Crippen LogP contribution in [0.5, 0.6) is 11.5 Å². The third-order valence-corrected chi connectivity index (χ3v) is 5.69. The van der Waals surface area contributed by atoms with E-state index in [2.05, 4.69) is 0 Å². The summed E-state index contributed by atoms with van der Waals surface area (Å²) in [5, 5.41) is 19.9. The highest BCUT2D eigenvalue weighted by molar-refractivity contribution is 6.46. The Morgan fingerprint density at radius 3 is 2.35 bits per heavy atom. The third-order valence-electron chi connectivity index (χ3n) is 5.69.